The summed E-state index contributed by atoms with van der Waals surface area (Å²) in [7, 11) is 0. The molecule has 3 rings (SSSR count). The standard InChI is InChI=1S/C12H11ClFN3/c13-8-1-2-9(14)10(5-8)17-6-11(16-7-17)12(15)3-4-12/h1-2,5-7H,3-4,15H2. The van der Waals surface area contributed by atoms with E-state index in [1.807, 2.05) is 0 Å². The Morgan fingerprint density at radius 2 is 2.18 bits per heavy atom. The van der Waals surface area contributed by atoms with Crippen LogP contribution in [0.4, 0.5) is 4.39 Å². The molecule has 1 fully saturated rings. The van der Waals surface area contributed by atoms with Crippen LogP contribution in [0.25, 0.3) is 5.69 Å². The van der Waals surface area contributed by atoms with Crippen LogP contribution in [-0.4, -0.2) is 9.55 Å². The Labute approximate surface area is 103 Å². The number of hydrogen-bond acceptors (Lipinski definition) is 2. The molecule has 17 heavy (non-hydrogen) atoms. The SMILES string of the molecule is NC1(c2cn(-c3cc(Cl)ccc3F)cn2)CC1. The van der Waals surface area contributed by atoms with Crippen LogP contribution in [0.1, 0.15) is 18.5 Å². The molecule has 0 radical (unpaired) electrons. The third-order valence-corrected chi connectivity index (χ3v) is 3.30. The predicted octanol–water partition coefficient (Wildman–Crippen LogP) is 2.61. The first kappa shape index (κ1) is 10.7. The monoisotopic (exact) mass is 251 g/mol. The molecule has 88 valence electrons. The highest BCUT2D eigenvalue weighted by atomic mass is 35.5. The van der Waals surface area contributed by atoms with Gasteiger partial charge >= 0.3 is 0 Å². The molecule has 1 aromatic carbocycles. The minimum atomic E-state index is -0.333. The third kappa shape index (κ3) is 1.83. The van der Waals surface area contributed by atoms with E-state index in [-0.39, 0.29) is 11.4 Å². The first-order valence-corrected chi connectivity index (χ1v) is 5.75. The average molecular weight is 252 g/mol. The number of imidazole rings is 1. The van der Waals surface area contributed by atoms with Gasteiger partial charge in [-0.15, -0.1) is 0 Å². The lowest BCUT2D eigenvalue weighted by molar-refractivity contribution is 0.618. The summed E-state index contributed by atoms with van der Waals surface area (Å²) in [6, 6.07) is 4.43. The topological polar surface area (TPSA) is 43.8 Å². The maximum atomic E-state index is 13.6. The van der Waals surface area contributed by atoms with E-state index < -0.39 is 0 Å². The number of nitrogens with zero attached hydrogens (tertiary/aromatic N) is 2. The van der Waals surface area contributed by atoms with Gasteiger partial charge in [-0.2, -0.15) is 0 Å². The molecule has 0 amide bonds. The molecular formula is C12H11ClFN3. The van der Waals surface area contributed by atoms with Crippen molar-refractivity contribution in [1.29, 1.82) is 0 Å². The summed E-state index contributed by atoms with van der Waals surface area (Å²) in [6.07, 6.45) is 5.20. The Morgan fingerprint density at radius 3 is 2.88 bits per heavy atom. The molecule has 1 aromatic heterocycles. The van der Waals surface area contributed by atoms with Crippen molar-refractivity contribution in [2.75, 3.05) is 0 Å². The van der Waals surface area contributed by atoms with Crippen molar-refractivity contribution >= 4 is 11.6 Å². The summed E-state index contributed by atoms with van der Waals surface area (Å²) >= 11 is 5.85. The Hall–Kier alpha value is -1.39. The highest BCUT2D eigenvalue weighted by molar-refractivity contribution is 6.30. The molecule has 2 aromatic rings. The van der Waals surface area contributed by atoms with E-state index in [2.05, 4.69) is 4.98 Å². The summed E-state index contributed by atoms with van der Waals surface area (Å²) in [5, 5.41) is 0.491. The van der Waals surface area contributed by atoms with Crippen molar-refractivity contribution in [2.45, 2.75) is 18.4 Å². The largest absolute Gasteiger partial charge is 0.320 e. The molecule has 0 atom stereocenters. The molecule has 0 unspecified atom stereocenters. The van der Waals surface area contributed by atoms with E-state index in [9.17, 15) is 4.39 Å². The van der Waals surface area contributed by atoms with Gasteiger partial charge in [-0.1, -0.05) is 11.6 Å². The van der Waals surface area contributed by atoms with Gasteiger partial charge in [0.15, 0.2) is 0 Å². The van der Waals surface area contributed by atoms with Gasteiger partial charge in [0.25, 0.3) is 0 Å². The minimum absolute atomic E-state index is 0.305. The lowest BCUT2D eigenvalue weighted by atomic mass is 10.2. The number of benzene rings is 1. The Kier molecular flexibility index (Phi) is 2.24. The zero-order chi connectivity index (χ0) is 12.0. The van der Waals surface area contributed by atoms with E-state index in [0.717, 1.165) is 18.5 Å². The molecule has 2 N–H and O–H groups in total. The summed E-state index contributed by atoms with van der Waals surface area (Å²) < 4.78 is 15.3. The first-order valence-electron chi connectivity index (χ1n) is 5.37. The molecule has 5 heteroatoms. The lowest BCUT2D eigenvalue weighted by Gasteiger charge is -2.05. The number of nitrogens with two attached hydrogens (primary N) is 1. The molecule has 1 heterocycles. The number of aromatic nitrogens is 2. The van der Waals surface area contributed by atoms with Crippen LogP contribution in [0, 0.1) is 5.82 Å². The quantitative estimate of drug-likeness (QED) is 0.892. The molecule has 0 bridgehead atoms. The molecule has 1 aliphatic rings. The van der Waals surface area contributed by atoms with Gasteiger partial charge in [0, 0.05) is 11.2 Å². The van der Waals surface area contributed by atoms with Gasteiger partial charge in [-0.25, -0.2) is 9.37 Å². The maximum Gasteiger partial charge on any atom is 0.147 e. The fraction of sp³-hybridized carbons (Fsp3) is 0.250. The van der Waals surface area contributed by atoms with E-state index in [4.69, 9.17) is 17.3 Å². The van der Waals surface area contributed by atoms with Crippen molar-refractivity contribution in [3.05, 3.63) is 47.3 Å². The second-order valence-corrected chi connectivity index (χ2v) is 4.85. The van der Waals surface area contributed by atoms with E-state index in [1.54, 1.807) is 23.2 Å². The van der Waals surface area contributed by atoms with Crippen molar-refractivity contribution in [1.82, 2.24) is 9.55 Å². The molecule has 1 aliphatic carbocycles. The third-order valence-electron chi connectivity index (χ3n) is 3.07. The van der Waals surface area contributed by atoms with Gasteiger partial charge < -0.3 is 10.3 Å². The fourth-order valence-corrected chi connectivity index (χ4v) is 1.95. The normalized spacial score (nSPS) is 17.1. The zero-order valence-corrected chi connectivity index (χ0v) is 9.78. The first-order chi connectivity index (χ1) is 8.08. The fourth-order valence-electron chi connectivity index (χ4n) is 1.79. The molecule has 0 aliphatic heterocycles. The highest BCUT2D eigenvalue weighted by Crippen LogP contribution is 2.41. The van der Waals surface area contributed by atoms with Crippen molar-refractivity contribution < 1.29 is 4.39 Å². The van der Waals surface area contributed by atoms with Crippen LogP contribution in [0.15, 0.2) is 30.7 Å². The van der Waals surface area contributed by atoms with Crippen molar-refractivity contribution in [2.24, 2.45) is 5.73 Å². The summed E-state index contributed by atoms with van der Waals surface area (Å²) in [5.74, 6) is -0.333. The van der Waals surface area contributed by atoms with Gasteiger partial charge in [0.2, 0.25) is 0 Å². The molecular weight excluding hydrogens is 241 g/mol. The van der Waals surface area contributed by atoms with Crippen LogP contribution in [0.3, 0.4) is 0 Å². The average Bonchev–Trinajstić information content (AvgIpc) is 2.88. The van der Waals surface area contributed by atoms with Crippen LogP contribution in [0.2, 0.25) is 5.02 Å². The van der Waals surface area contributed by atoms with Crippen LogP contribution in [0.5, 0.6) is 0 Å². The number of hydrogen-bond donors (Lipinski definition) is 1. The lowest BCUT2D eigenvalue weighted by Crippen LogP contribution is -2.18. The van der Waals surface area contributed by atoms with Crippen molar-refractivity contribution in [3.8, 4) is 5.69 Å². The van der Waals surface area contributed by atoms with Crippen molar-refractivity contribution in [3.63, 3.8) is 0 Å². The van der Waals surface area contributed by atoms with Gasteiger partial charge in [-0.3, -0.25) is 0 Å². The van der Waals surface area contributed by atoms with Gasteiger partial charge in [0.05, 0.1) is 23.2 Å². The molecule has 0 spiro atoms. The van der Waals surface area contributed by atoms with E-state index in [0.29, 0.717) is 10.7 Å². The van der Waals surface area contributed by atoms with Gasteiger partial charge in [0.1, 0.15) is 5.82 Å². The Balaban J connectivity index is 2.03. The predicted molar refractivity (Wildman–Crippen MR) is 63.6 cm³/mol. The summed E-state index contributed by atoms with van der Waals surface area (Å²) in [5.41, 5.74) is 6.92. The van der Waals surface area contributed by atoms with E-state index in [1.165, 1.54) is 12.1 Å². The maximum absolute atomic E-state index is 13.6. The Bertz CT molecular complexity index is 575. The van der Waals surface area contributed by atoms with E-state index >= 15 is 0 Å². The molecule has 1 saturated carbocycles. The van der Waals surface area contributed by atoms with Crippen LogP contribution < -0.4 is 5.73 Å². The number of rotatable bonds is 2. The summed E-state index contributed by atoms with van der Waals surface area (Å²) in [4.78, 5) is 4.23. The van der Waals surface area contributed by atoms with Crippen LogP contribution in [-0.2, 0) is 5.54 Å². The molecule has 0 saturated heterocycles. The zero-order valence-electron chi connectivity index (χ0n) is 9.03. The Morgan fingerprint density at radius 1 is 1.41 bits per heavy atom. The highest BCUT2D eigenvalue weighted by Gasteiger charge is 2.42. The van der Waals surface area contributed by atoms with Gasteiger partial charge in [-0.05, 0) is 31.0 Å². The second kappa shape index (κ2) is 3.55. The van der Waals surface area contributed by atoms with Crippen LogP contribution >= 0.6 is 11.6 Å². The summed E-state index contributed by atoms with van der Waals surface area (Å²) in [6.45, 7) is 0. The smallest absolute Gasteiger partial charge is 0.147 e. The second-order valence-electron chi connectivity index (χ2n) is 4.42. The number of halogens is 2. The minimum Gasteiger partial charge on any atom is -0.320 e. The molecule has 3 nitrogen and oxygen atoms in total.